The number of unbranched alkanes of at least 4 members (excludes halogenated alkanes) is 1. The number of hydrogen-bond acceptors (Lipinski definition) is 4. The van der Waals surface area contributed by atoms with Gasteiger partial charge in [-0.3, -0.25) is 4.79 Å². The molecule has 3 rings (SSSR count). The van der Waals surface area contributed by atoms with Crippen molar-refractivity contribution >= 4 is 5.97 Å². The average molecular weight is 385 g/mol. The van der Waals surface area contributed by atoms with Crippen LogP contribution in [0, 0.1) is 18.3 Å². The minimum absolute atomic E-state index is 0.135. The van der Waals surface area contributed by atoms with Gasteiger partial charge in [0.1, 0.15) is 6.10 Å². The number of aliphatic carboxylic acids is 1. The molecule has 28 heavy (non-hydrogen) atoms. The van der Waals surface area contributed by atoms with Gasteiger partial charge >= 0.3 is 5.97 Å². The Morgan fingerprint density at radius 2 is 2.14 bits per heavy atom. The van der Waals surface area contributed by atoms with Crippen molar-refractivity contribution in [2.24, 2.45) is 11.8 Å². The third kappa shape index (κ3) is 5.88. The van der Waals surface area contributed by atoms with Crippen LogP contribution in [0.25, 0.3) is 0 Å². The first-order chi connectivity index (χ1) is 13.6. The van der Waals surface area contributed by atoms with Crippen LogP contribution in [0.2, 0.25) is 0 Å². The fraction of sp³-hybridized carbons (Fsp3) is 0.478. The molecule has 1 saturated carbocycles. The van der Waals surface area contributed by atoms with Crippen molar-refractivity contribution < 1.29 is 24.4 Å². The highest BCUT2D eigenvalue weighted by Crippen LogP contribution is 2.44. The van der Waals surface area contributed by atoms with Gasteiger partial charge in [0, 0.05) is 30.8 Å². The van der Waals surface area contributed by atoms with E-state index >= 15 is 0 Å². The maximum absolute atomic E-state index is 10.5. The summed E-state index contributed by atoms with van der Waals surface area (Å²) in [6.07, 6.45) is 21.1. The first-order valence-corrected chi connectivity index (χ1v) is 10.0. The second-order valence-corrected chi connectivity index (χ2v) is 7.45. The number of ether oxygens (including phenoxy) is 1. The largest absolute Gasteiger partial charge is 0.481 e. The molecule has 2 aliphatic carbocycles. The molecule has 150 valence electrons. The second-order valence-electron chi connectivity index (χ2n) is 7.45. The molecular weight excluding hydrogens is 356 g/mol. The summed E-state index contributed by atoms with van der Waals surface area (Å²) in [7, 11) is 0. The molecule has 1 heterocycles. The lowest BCUT2D eigenvalue weighted by atomic mass is 9.89. The number of carboxylic acid groups (broad SMARTS) is 1. The summed E-state index contributed by atoms with van der Waals surface area (Å²) in [6, 6.07) is 0. The van der Waals surface area contributed by atoms with Crippen LogP contribution in [0.4, 0.5) is 0 Å². The third-order valence-corrected chi connectivity index (χ3v) is 5.31. The summed E-state index contributed by atoms with van der Waals surface area (Å²) in [4.78, 5) is 21.4. The van der Waals surface area contributed by atoms with E-state index < -0.39 is 5.97 Å². The molecule has 0 amide bonds. The topological polar surface area (TPSA) is 65.0 Å². The van der Waals surface area contributed by atoms with Gasteiger partial charge < -0.3 is 9.84 Å². The molecule has 0 radical (unpaired) electrons. The molecule has 0 aromatic rings. The zero-order valence-corrected chi connectivity index (χ0v) is 16.2. The molecule has 0 spiro atoms. The number of carbonyl (C=O) groups is 1. The molecule has 1 N–H and O–H groups in total. The lowest BCUT2D eigenvalue weighted by Gasteiger charge is -2.27. The van der Waals surface area contributed by atoms with Gasteiger partial charge in [-0.25, -0.2) is 9.78 Å². The Kier molecular flexibility index (Phi) is 7.57. The highest BCUT2D eigenvalue weighted by atomic mass is 17.2. The lowest BCUT2D eigenvalue weighted by Crippen LogP contribution is -2.28. The van der Waals surface area contributed by atoms with Gasteiger partial charge in [0.2, 0.25) is 5.76 Å². The first-order valence-electron chi connectivity index (χ1n) is 10.0. The number of carboxylic acids is 1. The molecule has 1 saturated heterocycles. The highest BCUT2D eigenvalue weighted by molar-refractivity contribution is 5.66. The van der Waals surface area contributed by atoms with Crippen molar-refractivity contribution in [1.29, 1.82) is 0 Å². The maximum atomic E-state index is 10.5. The van der Waals surface area contributed by atoms with Crippen LogP contribution < -0.4 is 0 Å². The Labute approximate surface area is 167 Å². The van der Waals surface area contributed by atoms with Crippen LogP contribution in [0.3, 0.4) is 0 Å². The zero-order valence-electron chi connectivity index (χ0n) is 16.2. The van der Waals surface area contributed by atoms with E-state index in [-0.39, 0.29) is 18.6 Å². The van der Waals surface area contributed by atoms with Crippen molar-refractivity contribution in [3.05, 3.63) is 66.9 Å². The zero-order chi connectivity index (χ0) is 19.8. The van der Waals surface area contributed by atoms with E-state index in [0.717, 1.165) is 37.0 Å². The van der Waals surface area contributed by atoms with Gasteiger partial charge in [0.25, 0.3) is 0 Å². The molecular formula is C23H29O5+. The smallest absolute Gasteiger partial charge is 0.303 e. The third-order valence-electron chi connectivity index (χ3n) is 5.31. The van der Waals surface area contributed by atoms with Crippen LogP contribution >= 0.6 is 0 Å². The second kappa shape index (κ2) is 10.3. The number of hydrogen-bond donors (Lipinski definition) is 1. The summed E-state index contributed by atoms with van der Waals surface area (Å²) in [6.45, 7) is 4.54. The van der Waals surface area contributed by atoms with Gasteiger partial charge in [-0.05, 0) is 25.7 Å². The van der Waals surface area contributed by atoms with Crippen LogP contribution in [-0.2, 0) is 19.3 Å². The summed E-state index contributed by atoms with van der Waals surface area (Å²) >= 11 is 0. The van der Waals surface area contributed by atoms with E-state index in [1.54, 1.807) is 0 Å². The van der Waals surface area contributed by atoms with Crippen molar-refractivity contribution in [3.8, 4) is 0 Å². The molecule has 4 atom stereocenters. The SMILES string of the molecule is C=C1C=C[CH+]C(OCC/C=C/[C@@H]2[C@@H](C/C=C\CCCC(=O)O)[C@@H]3C[C@H]2OO3)=C1. The predicted octanol–water partition coefficient (Wildman–Crippen LogP) is 4.70. The van der Waals surface area contributed by atoms with E-state index in [0.29, 0.717) is 24.9 Å². The van der Waals surface area contributed by atoms with Gasteiger partial charge in [0.05, 0.1) is 36.9 Å². The first kappa shape index (κ1) is 20.5. The molecule has 2 fully saturated rings. The van der Waals surface area contributed by atoms with E-state index in [1.807, 2.05) is 24.6 Å². The molecule has 3 aliphatic rings. The van der Waals surface area contributed by atoms with Gasteiger partial charge in [-0.2, -0.15) is 0 Å². The Bertz CT molecular complexity index is 672. The van der Waals surface area contributed by atoms with Crippen molar-refractivity contribution in [2.45, 2.75) is 50.7 Å². The Hall–Kier alpha value is -2.24. The monoisotopic (exact) mass is 385 g/mol. The molecule has 0 aromatic carbocycles. The molecule has 5 nitrogen and oxygen atoms in total. The van der Waals surface area contributed by atoms with Crippen LogP contribution in [0.15, 0.2) is 60.4 Å². The summed E-state index contributed by atoms with van der Waals surface area (Å²) < 4.78 is 5.76. The Balaban J connectivity index is 1.40. The molecule has 1 aliphatic heterocycles. The molecule has 5 heteroatoms. The minimum atomic E-state index is -0.736. The number of fused-ring (bicyclic) bond motifs is 2. The lowest BCUT2D eigenvalue weighted by molar-refractivity contribution is -0.336. The van der Waals surface area contributed by atoms with Crippen molar-refractivity contribution in [3.63, 3.8) is 0 Å². The van der Waals surface area contributed by atoms with E-state index in [9.17, 15) is 4.79 Å². The van der Waals surface area contributed by atoms with Gasteiger partial charge in [-0.15, -0.1) is 0 Å². The summed E-state index contributed by atoms with van der Waals surface area (Å²) in [5.74, 6) is 0.879. The van der Waals surface area contributed by atoms with E-state index in [1.165, 1.54) is 0 Å². The fourth-order valence-corrected chi connectivity index (χ4v) is 3.89. The number of allylic oxidation sites excluding steroid dienone is 6. The average Bonchev–Trinajstić information content (AvgIpc) is 3.26. The summed E-state index contributed by atoms with van der Waals surface area (Å²) in [5.41, 5.74) is 0.950. The van der Waals surface area contributed by atoms with Crippen LogP contribution in [0.5, 0.6) is 0 Å². The van der Waals surface area contributed by atoms with E-state index in [2.05, 4.69) is 30.9 Å². The Morgan fingerprint density at radius 1 is 1.29 bits per heavy atom. The highest BCUT2D eigenvalue weighted by Gasteiger charge is 2.49. The molecule has 0 unspecified atom stereocenters. The minimum Gasteiger partial charge on any atom is -0.481 e. The number of rotatable bonds is 11. The van der Waals surface area contributed by atoms with E-state index in [4.69, 9.17) is 19.6 Å². The van der Waals surface area contributed by atoms with Crippen LogP contribution in [-0.4, -0.2) is 29.9 Å². The van der Waals surface area contributed by atoms with Crippen LogP contribution in [0.1, 0.15) is 38.5 Å². The standard InChI is InChI=1S/C23H28O5/c1-17-9-8-10-18(15-17)26-14-7-6-12-20-19(21-16-22(20)28-27-21)11-4-2-3-5-13-23(24)25/h2,4,6,8-10,12,15,19-22H,1,3,5,7,11,13-14,16H2/p+1/b4-2-,12-6+/t19-,20-,21+,22-/m1/s1. The van der Waals surface area contributed by atoms with Gasteiger partial charge in [0.15, 0.2) is 0 Å². The normalized spacial score (nSPS) is 28.9. The van der Waals surface area contributed by atoms with Crippen molar-refractivity contribution in [1.82, 2.24) is 0 Å². The fourth-order valence-electron chi connectivity index (χ4n) is 3.89. The van der Waals surface area contributed by atoms with Gasteiger partial charge in [-0.1, -0.05) is 30.9 Å². The van der Waals surface area contributed by atoms with Crippen molar-refractivity contribution in [2.75, 3.05) is 6.61 Å². The quantitative estimate of drug-likeness (QED) is 0.242. The molecule has 0 aromatic heterocycles. The Morgan fingerprint density at radius 3 is 2.96 bits per heavy atom. The summed E-state index contributed by atoms with van der Waals surface area (Å²) in [5, 5.41) is 8.67. The molecule has 2 bridgehead atoms. The maximum Gasteiger partial charge on any atom is 0.303 e. The predicted molar refractivity (Wildman–Crippen MR) is 107 cm³/mol.